The fraction of sp³-hybridized carbons (Fsp3) is 0.400. The lowest BCUT2D eigenvalue weighted by molar-refractivity contribution is -0.121. The van der Waals surface area contributed by atoms with Crippen LogP contribution in [0.25, 0.3) is 0 Å². The average Bonchev–Trinajstić information content (AvgIpc) is 2.82. The summed E-state index contributed by atoms with van der Waals surface area (Å²) in [6, 6.07) is 3.40. The number of hydrogen-bond donors (Lipinski definition) is 2. The van der Waals surface area contributed by atoms with Crippen LogP contribution in [0.15, 0.2) is 18.3 Å². The summed E-state index contributed by atoms with van der Waals surface area (Å²) in [6.45, 7) is 0.0745. The van der Waals surface area contributed by atoms with Crippen molar-refractivity contribution in [2.45, 2.75) is 25.4 Å². The van der Waals surface area contributed by atoms with Crippen molar-refractivity contribution in [1.29, 1.82) is 0 Å². The smallest absolute Gasteiger partial charge is 0.352 e. The molecule has 1 heterocycles. The SMILES string of the molecule is O=C(Cn1cccc1C(=O)O)NC1CC1. The zero-order valence-corrected chi connectivity index (χ0v) is 8.14. The lowest BCUT2D eigenvalue weighted by Crippen LogP contribution is -2.30. The number of nitrogens with zero attached hydrogens (tertiary/aromatic N) is 1. The number of carboxylic acid groups (broad SMARTS) is 1. The Labute approximate surface area is 86.7 Å². The molecule has 0 saturated heterocycles. The van der Waals surface area contributed by atoms with Crippen LogP contribution >= 0.6 is 0 Å². The largest absolute Gasteiger partial charge is 0.477 e. The van der Waals surface area contributed by atoms with Gasteiger partial charge in [0, 0.05) is 12.2 Å². The third kappa shape index (κ3) is 2.37. The van der Waals surface area contributed by atoms with Crippen molar-refractivity contribution in [2.24, 2.45) is 0 Å². The lowest BCUT2D eigenvalue weighted by atomic mass is 10.4. The number of nitrogens with one attached hydrogen (secondary N) is 1. The molecule has 1 amide bonds. The standard InChI is InChI=1S/C10H12N2O3/c13-9(11-7-3-4-7)6-12-5-1-2-8(12)10(14)15/h1-2,5,7H,3-4,6H2,(H,11,13)(H,14,15). The number of aromatic carboxylic acids is 1. The van der Waals surface area contributed by atoms with Crippen molar-refractivity contribution in [2.75, 3.05) is 0 Å². The predicted octanol–water partition coefficient (Wildman–Crippen LogP) is 0.465. The van der Waals surface area contributed by atoms with E-state index in [4.69, 9.17) is 5.11 Å². The van der Waals surface area contributed by atoms with E-state index in [0.29, 0.717) is 6.04 Å². The van der Waals surface area contributed by atoms with E-state index in [-0.39, 0.29) is 18.1 Å². The molecule has 2 rings (SSSR count). The van der Waals surface area contributed by atoms with Crippen LogP contribution in [0.2, 0.25) is 0 Å². The first-order chi connectivity index (χ1) is 7.16. The number of carbonyl (C=O) groups is 2. The second-order valence-corrected chi connectivity index (χ2v) is 3.67. The summed E-state index contributed by atoms with van der Waals surface area (Å²) < 4.78 is 1.43. The number of aromatic nitrogens is 1. The topological polar surface area (TPSA) is 71.3 Å². The highest BCUT2D eigenvalue weighted by Gasteiger charge is 2.23. The van der Waals surface area contributed by atoms with E-state index in [1.165, 1.54) is 10.6 Å². The highest BCUT2D eigenvalue weighted by Crippen LogP contribution is 2.18. The van der Waals surface area contributed by atoms with E-state index in [2.05, 4.69) is 5.32 Å². The molecule has 15 heavy (non-hydrogen) atoms. The summed E-state index contributed by atoms with van der Waals surface area (Å²) in [5, 5.41) is 11.6. The summed E-state index contributed by atoms with van der Waals surface area (Å²) in [7, 11) is 0. The van der Waals surface area contributed by atoms with Crippen molar-refractivity contribution in [1.82, 2.24) is 9.88 Å². The Bertz CT molecular complexity index is 393. The normalized spacial score (nSPS) is 14.9. The Morgan fingerprint density at radius 3 is 2.87 bits per heavy atom. The molecule has 1 saturated carbocycles. The fourth-order valence-electron chi connectivity index (χ4n) is 1.40. The van der Waals surface area contributed by atoms with Crippen LogP contribution in [0, 0.1) is 0 Å². The number of carbonyl (C=O) groups excluding carboxylic acids is 1. The van der Waals surface area contributed by atoms with Crippen LogP contribution in [-0.4, -0.2) is 27.6 Å². The number of amides is 1. The van der Waals surface area contributed by atoms with Crippen LogP contribution in [-0.2, 0) is 11.3 Å². The van der Waals surface area contributed by atoms with Crippen LogP contribution in [0.4, 0.5) is 0 Å². The zero-order valence-electron chi connectivity index (χ0n) is 8.14. The Morgan fingerprint density at radius 1 is 1.53 bits per heavy atom. The minimum atomic E-state index is -1.01. The van der Waals surface area contributed by atoms with Gasteiger partial charge in [0.15, 0.2) is 0 Å². The quantitative estimate of drug-likeness (QED) is 0.755. The van der Waals surface area contributed by atoms with Crippen molar-refractivity contribution < 1.29 is 14.7 Å². The first-order valence-electron chi connectivity index (χ1n) is 4.84. The second kappa shape index (κ2) is 3.76. The van der Waals surface area contributed by atoms with Gasteiger partial charge in [0.2, 0.25) is 5.91 Å². The molecular weight excluding hydrogens is 196 g/mol. The van der Waals surface area contributed by atoms with E-state index in [1.807, 2.05) is 0 Å². The minimum Gasteiger partial charge on any atom is -0.477 e. The van der Waals surface area contributed by atoms with Gasteiger partial charge in [-0.2, -0.15) is 0 Å². The maximum Gasteiger partial charge on any atom is 0.352 e. The average molecular weight is 208 g/mol. The van der Waals surface area contributed by atoms with E-state index in [0.717, 1.165) is 12.8 Å². The second-order valence-electron chi connectivity index (χ2n) is 3.67. The summed E-state index contributed by atoms with van der Waals surface area (Å²) in [6.07, 6.45) is 3.66. The molecule has 0 atom stereocenters. The number of carboxylic acids is 1. The van der Waals surface area contributed by atoms with Gasteiger partial charge in [0.1, 0.15) is 12.2 Å². The Kier molecular flexibility index (Phi) is 2.45. The summed E-state index contributed by atoms with van der Waals surface area (Å²) in [5.41, 5.74) is 0.140. The van der Waals surface area contributed by atoms with Crippen molar-refractivity contribution in [3.63, 3.8) is 0 Å². The van der Waals surface area contributed by atoms with Gasteiger partial charge in [-0.05, 0) is 25.0 Å². The Hall–Kier alpha value is -1.78. The third-order valence-corrected chi connectivity index (χ3v) is 2.31. The zero-order chi connectivity index (χ0) is 10.8. The van der Waals surface area contributed by atoms with Gasteiger partial charge in [-0.25, -0.2) is 4.79 Å². The first kappa shape index (κ1) is 9.76. The summed E-state index contributed by atoms with van der Waals surface area (Å²) in [5.74, 6) is -1.14. The number of hydrogen-bond acceptors (Lipinski definition) is 2. The molecule has 0 aliphatic heterocycles. The molecule has 0 bridgehead atoms. The van der Waals surface area contributed by atoms with Gasteiger partial charge in [-0.1, -0.05) is 0 Å². The molecule has 2 N–H and O–H groups in total. The minimum absolute atomic E-state index is 0.0745. The molecule has 0 aromatic carbocycles. The van der Waals surface area contributed by atoms with Crippen LogP contribution in [0.3, 0.4) is 0 Å². The maximum absolute atomic E-state index is 11.4. The van der Waals surface area contributed by atoms with E-state index >= 15 is 0 Å². The lowest BCUT2D eigenvalue weighted by Gasteiger charge is -2.06. The van der Waals surface area contributed by atoms with E-state index in [1.54, 1.807) is 12.3 Å². The van der Waals surface area contributed by atoms with Crippen molar-refractivity contribution >= 4 is 11.9 Å². The Morgan fingerprint density at radius 2 is 2.27 bits per heavy atom. The molecule has 0 radical (unpaired) electrons. The van der Waals surface area contributed by atoms with Gasteiger partial charge in [-0.15, -0.1) is 0 Å². The van der Waals surface area contributed by atoms with Crippen LogP contribution in [0.1, 0.15) is 23.3 Å². The molecule has 5 nitrogen and oxygen atoms in total. The molecule has 0 unspecified atom stereocenters. The van der Waals surface area contributed by atoms with Gasteiger partial charge < -0.3 is 15.0 Å². The Balaban J connectivity index is 1.99. The molecule has 1 fully saturated rings. The van der Waals surface area contributed by atoms with Gasteiger partial charge in [0.05, 0.1) is 0 Å². The highest BCUT2D eigenvalue weighted by molar-refractivity contribution is 5.86. The molecule has 1 aliphatic carbocycles. The van der Waals surface area contributed by atoms with Crippen LogP contribution in [0.5, 0.6) is 0 Å². The third-order valence-electron chi connectivity index (χ3n) is 2.31. The molecule has 1 aromatic heterocycles. The summed E-state index contributed by atoms with van der Waals surface area (Å²) >= 11 is 0. The van der Waals surface area contributed by atoms with Crippen molar-refractivity contribution in [3.05, 3.63) is 24.0 Å². The molecular formula is C10H12N2O3. The predicted molar refractivity (Wildman–Crippen MR) is 52.6 cm³/mol. The fourth-order valence-corrected chi connectivity index (χ4v) is 1.40. The molecule has 1 aliphatic rings. The highest BCUT2D eigenvalue weighted by atomic mass is 16.4. The first-order valence-corrected chi connectivity index (χ1v) is 4.84. The maximum atomic E-state index is 11.4. The van der Waals surface area contributed by atoms with Crippen LogP contribution < -0.4 is 5.32 Å². The van der Waals surface area contributed by atoms with Gasteiger partial charge in [0.25, 0.3) is 0 Å². The molecule has 5 heteroatoms. The van der Waals surface area contributed by atoms with E-state index < -0.39 is 5.97 Å². The molecule has 0 spiro atoms. The molecule has 80 valence electrons. The van der Waals surface area contributed by atoms with Gasteiger partial charge >= 0.3 is 5.97 Å². The molecule has 1 aromatic rings. The van der Waals surface area contributed by atoms with Gasteiger partial charge in [-0.3, -0.25) is 4.79 Å². The monoisotopic (exact) mass is 208 g/mol. The van der Waals surface area contributed by atoms with Crippen molar-refractivity contribution in [3.8, 4) is 0 Å². The van der Waals surface area contributed by atoms with E-state index in [9.17, 15) is 9.59 Å². The summed E-state index contributed by atoms with van der Waals surface area (Å²) in [4.78, 5) is 22.2. The number of rotatable bonds is 4.